The summed E-state index contributed by atoms with van der Waals surface area (Å²) in [4.78, 5) is 4.38. The molecule has 0 aliphatic heterocycles. The van der Waals surface area contributed by atoms with Crippen LogP contribution in [0.1, 0.15) is 27.2 Å². The summed E-state index contributed by atoms with van der Waals surface area (Å²) in [7, 11) is 4.17. The van der Waals surface area contributed by atoms with Gasteiger partial charge in [-0.2, -0.15) is 0 Å². The van der Waals surface area contributed by atoms with Crippen molar-refractivity contribution in [2.45, 2.75) is 33.2 Å². The van der Waals surface area contributed by atoms with E-state index in [1.807, 2.05) is 0 Å². The molecule has 0 heterocycles. The van der Waals surface area contributed by atoms with Gasteiger partial charge in [0.05, 0.1) is 5.82 Å². The molecular formula is C10H22N2. The molecule has 0 atom stereocenters. The first-order valence-corrected chi connectivity index (χ1v) is 4.63. The summed E-state index contributed by atoms with van der Waals surface area (Å²) in [5, 5.41) is 0. The molecule has 0 saturated heterocycles. The Morgan fingerprint density at radius 2 is 1.83 bits per heavy atom. The Morgan fingerprint density at radius 3 is 2.17 bits per heavy atom. The van der Waals surface area contributed by atoms with Crippen LogP contribution in [-0.4, -0.2) is 36.5 Å². The minimum Gasteiger partial charge on any atom is -0.362 e. The third-order valence-corrected chi connectivity index (χ3v) is 2.18. The highest BCUT2D eigenvalue weighted by molar-refractivity contribution is 4.91. The van der Waals surface area contributed by atoms with Crippen LogP contribution >= 0.6 is 0 Å². The van der Waals surface area contributed by atoms with Gasteiger partial charge in [0.1, 0.15) is 0 Å². The second-order valence-electron chi connectivity index (χ2n) is 3.54. The Bertz CT molecular complexity index is 141. The molecule has 0 unspecified atom stereocenters. The highest BCUT2D eigenvalue weighted by Crippen LogP contribution is 2.07. The van der Waals surface area contributed by atoms with E-state index in [0.29, 0.717) is 6.04 Å². The zero-order chi connectivity index (χ0) is 9.72. The lowest BCUT2D eigenvalue weighted by molar-refractivity contribution is 0.235. The highest BCUT2D eigenvalue weighted by Gasteiger charge is 2.08. The zero-order valence-electron chi connectivity index (χ0n) is 9.09. The molecular weight excluding hydrogens is 148 g/mol. The molecule has 0 aliphatic carbocycles. The maximum Gasteiger partial charge on any atom is 0.0962 e. The molecule has 12 heavy (non-hydrogen) atoms. The van der Waals surface area contributed by atoms with Gasteiger partial charge in [0, 0.05) is 26.7 Å². The summed E-state index contributed by atoms with van der Waals surface area (Å²) < 4.78 is 0. The number of rotatable bonds is 5. The minimum atomic E-state index is 0.525. The quantitative estimate of drug-likeness (QED) is 0.623. The van der Waals surface area contributed by atoms with Gasteiger partial charge in [0.2, 0.25) is 0 Å². The van der Waals surface area contributed by atoms with Crippen molar-refractivity contribution in [1.29, 1.82) is 0 Å². The van der Waals surface area contributed by atoms with Gasteiger partial charge >= 0.3 is 0 Å². The smallest absolute Gasteiger partial charge is 0.0962 e. The maximum atomic E-state index is 4.05. The van der Waals surface area contributed by atoms with Gasteiger partial charge in [-0.1, -0.05) is 13.5 Å². The first-order valence-electron chi connectivity index (χ1n) is 4.63. The molecule has 0 aromatic rings. The van der Waals surface area contributed by atoms with Gasteiger partial charge in [-0.05, 0) is 20.3 Å². The largest absolute Gasteiger partial charge is 0.362 e. The minimum absolute atomic E-state index is 0.525. The van der Waals surface area contributed by atoms with E-state index in [-0.39, 0.29) is 0 Å². The normalized spacial score (nSPS) is 10.2. The van der Waals surface area contributed by atoms with Gasteiger partial charge in [-0.25, -0.2) is 0 Å². The van der Waals surface area contributed by atoms with Gasteiger partial charge < -0.3 is 9.80 Å². The molecule has 0 aliphatic rings. The molecule has 0 aromatic carbocycles. The van der Waals surface area contributed by atoms with Gasteiger partial charge in [-0.3, -0.25) is 0 Å². The Morgan fingerprint density at radius 1 is 1.33 bits per heavy atom. The summed E-state index contributed by atoms with van der Waals surface area (Å²) in [6.07, 6.45) is 1.17. The van der Waals surface area contributed by atoms with Crippen LogP contribution < -0.4 is 0 Å². The average molecular weight is 170 g/mol. The van der Waals surface area contributed by atoms with Crippen LogP contribution in [-0.2, 0) is 0 Å². The van der Waals surface area contributed by atoms with E-state index < -0.39 is 0 Å². The molecule has 2 nitrogen and oxygen atoms in total. The Kier molecular flexibility index (Phi) is 4.79. The predicted octanol–water partition coefficient (Wildman–Crippen LogP) is 2.14. The molecule has 0 fully saturated rings. The lowest BCUT2D eigenvalue weighted by Crippen LogP contribution is -2.34. The molecule has 0 bridgehead atoms. The highest BCUT2D eigenvalue weighted by atomic mass is 15.3. The van der Waals surface area contributed by atoms with E-state index in [1.54, 1.807) is 0 Å². The molecule has 0 saturated carbocycles. The Balaban J connectivity index is 4.00. The third-order valence-electron chi connectivity index (χ3n) is 2.18. The summed E-state index contributed by atoms with van der Waals surface area (Å²) in [6.45, 7) is 11.6. The topological polar surface area (TPSA) is 6.48 Å². The zero-order valence-corrected chi connectivity index (χ0v) is 9.09. The van der Waals surface area contributed by atoms with Crippen LogP contribution in [0.3, 0.4) is 0 Å². The monoisotopic (exact) mass is 170 g/mol. The molecule has 0 N–H and O–H groups in total. The van der Waals surface area contributed by atoms with Crippen molar-refractivity contribution >= 4 is 0 Å². The molecule has 72 valence electrons. The Hall–Kier alpha value is -0.660. The van der Waals surface area contributed by atoms with Crippen LogP contribution in [0.4, 0.5) is 0 Å². The molecule has 0 rings (SSSR count). The first kappa shape index (κ1) is 11.3. The van der Waals surface area contributed by atoms with Crippen molar-refractivity contribution in [3.8, 4) is 0 Å². The van der Waals surface area contributed by atoms with E-state index in [2.05, 4.69) is 51.2 Å². The second kappa shape index (κ2) is 5.07. The van der Waals surface area contributed by atoms with E-state index in [9.17, 15) is 0 Å². The van der Waals surface area contributed by atoms with Gasteiger partial charge in [-0.15, -0.1) is 0 Å². The number of hydrogen-bond donors (Lipinski definition) is 0. The maximum absolute atomic E-state index is 4.05. The first-order chi connectivity index (χ1) is 5.50. The fourth-order valence-electron chi connectivity index (χ4n) is 1.03. The summed E-state index contributed by atoms with van der Waals surface area (Å²) in [5.41, 5.74) is 0. The van der Waals surface area contributed by atoms with Crippen LogP contribution in [0, 0.1) is 0 Å². The third kappa shape index (κ3) is 3.16. The van der Waals surface area contributed by atoms with Crippen molar-refractivity contribution in [3.05, 3.63) is 12.4 Å². The van der Waals surface area contributed by atoms with E-state index in [4.69, 9.17) is 0 Å². The molecule has 0 amide bonds. The van der Waals surface area contributed by atoms with Crippen molar-refractivity contribution < 1.29 is 0 Å². The van der Waals surface area contributed by atoms with E-state index in [0.717, 1.165) is 12.4 Å². The van der Waals surface area contributed by atoms with E-state index in [1.165, 1.54) is 6.42 Å². The second-order valence-corrected chi connectivity index (χ2v) is 3.54. The summed E-state index contributed by atoms with van der Waals surface area (Å²) >= 11 is 0. The van der Waals surface area contributed by atoms with Crippen LogP contribution in [0.15, 0.2) is 12.4 Å². The van der Waals surface area contributed by atoms with E-state index >= 15 is 0 Å². The summed E-state index contributed by atoms with van der Waals surface area (Å²) in [5.74, 6) is 1.10. The molecule has 0 radical (unpaired) electrons. The predicted molar refractivity (Wildman–Crippen MR) is 55.0 cm³/mol. The number of nitrogens with zero attached hydrogens (tertiary/aromatic N) is 2. The fourth-order valence-corrected chi connectivity index (χ4v) is 1.03. The lowest BCUT2D eigenvalue weighted by Gasteiger charge is -2.32. The molecule has 0 spiro atoms. The van der Waals surface area contributed by atoms with Crippen molar-refractivity contribution in [2.75, 3.05) is 20.6 Å². The average Bonchev–Trinajstić information content (AvgIpc) is 2.02. The molecule has 2 heteroatoms. The Labute approximate surface area is 76.9 Å². The fraction of sp³-hybridized carbons (Fsp3) is 0.800. The summed E-state index contributed by atoms with van der Waals surface area (Å²) in [6, 6.07) is 0.525. The van der Waals surface area contributed by atoms with Crippen LogP contribution in [0.5, 0.6) is 0 Å². The van der Waals surface area contributed by atoms with Crippen molar-refractivity contribution in [3.63, 3.8) is 0 Å². The number of hydrogen-bond acceptors (Lipinski definition) is 2. The van der Waals surface area contributed by atoms with Crippen LogP contribution in [0.2, 0.25) is 0 Å². The van der Waals surface area contributed by atoms with Gasteiger partial charge in [0.15, 0.2) is 0 Å². The van der Waals surface area contributed by atoms with Crippen molar-refractivity contribution in [1.82, 2.24) is 9.80 Å². The SMILES string of the molecule is C=C(N(C)CCC)N(C)C(C)C. The van der Waals surface area contributed by atoms with Crippen molar-refractivity contribution in [2.24, 2.45) is 0 Å². The molecule has 0 aromatic heterocycles. The lowest BCUT2D eigenvalue weighted by atomic mass is 10.3. The van der Waals surface area contributed by atoms with Gasteiger partial charge in [0.25, 0.3) is 0 Å². The van der Waals surface area contributed by atoms with Crippen LogP contribution in [0.25, 0.3) is 0 Å². The standard InChI is InChI=1S/C10H22N2/c1-7-8-11(5)10(4)12(6)9(2)3/h9H,4,7-8H2,1-3,5-6H3.